The number of hydrogen-bond acceptors (Lipinski definition) is 4. The topological polar surface area (TPSA) is 53.0 Å². The molecule has 0 aromatic heterocycles. The third-order valence-corrected chi connectivity index (χ3v) is 5.80. The Morgan fingerprint density at radius 3 is 2.37 bits per heavy atom. The lowest BCUT2D eigenvalue weighted by Gasteiger charge is -2.32. The van der Waals surface area contributed by atoms with E-state index in [2.05, 4.69) is 11.8 Å². The molecular formula is C21H33ClN2O3. The van der Waals surface area contributed by atoms with Gasteiger partial charge in [-0.25, -0.2) is 4.79 Å². The lowest BCUT2D eigenvalue weighted by Crippen LogP contribution is -2.35. The molecule has 0 atom stereocenters. The highest BCUT2D eigenvalue weighted by Gasteiger charge is 2.24. The number of amides is 1. The van der Waals surface area contributed by atoms with E-state index < -0.39 is 0 Å². The van der Waals surface area contributed by atoms with Crippen LogP contribution in [-0.4, -0.2) is 60.8 Å². The van der Waals surface area contributed by atoms with Gasteiger partial charge in [-0.3, -0.25) is 0 Å². The van der Waals surface area contributed by atoms with Gasteiger partial charge in [0.15, 0.2) is 0 Å². The van der Waals surface area contributed by atoms with Crippen LogP contribution in [0.3, 0.4) is 0 Å². The van der Waals surface area contributed by atoms with Crippen LogP contribution >= 0.6 is 11.6 Å². The molecule has 27 heavy (non-hydrogen) atoms. The highest BCUT2D eigenvalue weighted by Crippen LogP contribution is 2.31. The molecule has 2 rings (SSSR count). The van der Waals surface area contributed by atoms with Crippen molar-refractivity contribution in [1.29, 1.82) is 0 Å². The number of benzene rings is 1. The molecule has 5 nitrogen and oxygen atoms in total. The van der Waals surface area contributed by atoms with Gasteiger partial charge in [0, 0.05) is 25.2 Å². The van der Waals surface area contributed by atoms with Crippen molar-refractivity contribution in [3.05, 3.63) is 29.3 Å². The lowest BCUT2D eigenvalue weighted by atomic mass is 9.80. The molecule has 152 valence electrons. The Morgan fingerprint density at radius 2 is 1.78 bits per heavy atom. The summed E-state index contributed by atoms with van der Waals surface area (Å²) in [6.45, 7) is 5.96. The summed E-state index contributed by atoms with van der Waals surface area (Å²) in [5.41, 5.74) is 0. The molecule has 0 radical (unpaired) electrons. The summed E-state index contributed by atoms with van der Waals surface area (Å²) < 4.78 is 5.40. The molecule has 0 saturated heterocycles. The Kier molecular flexibility index (Phi) is 9.39. The second-order valence-electron chi connectivity index (χ2n) is 7.54. The van der Waals surface area contributed by atoms with Gasteiger partial charge < -0.3 is 19.6 Å². The molecule has 0 bridgehead atoms. The minimum Gasteiger partial charge on any atom is -0.410 e. The third-order valence-electron chi connectivity index (χ3n) is 5.55. The molecule has 1 aliphatic rings. The molecule has 6 heteroatoms. The first-order chi connectivity index (χ1) is 13.0. The van der Waals surface area contributed by atoms with E-state index >= 15 is 0 Å². The summed E-state index contributed by atoms with van der Waals surface area (Å²) >= 11 is 5.85. The lowest BCUT2D eigenvalue weighted by molar-refractivity contribution is 0.141. The van der Waals surface area contributed by atoms with Gasteiger partial charge in [0.05, 0.1) is 6.61 Å². The molecule has 0 aliphatic heterocycles. The van der Waals surface area contributed by atoms with E-state index in [9.17, 15) is 4.79 Å². The number of likely N-dealkylation sites (N-methyl/N-ethyl adjacent to an activating group) is 1. The van der Waals surface area contributed by atoms with Crippen molar-refractivity contribution in [2.24, 2.45) is 11.8 Å². The second-order valence-corrected chi connectivity index (χ2v) is 7.97. The van der Waals surface area contributed by atoms with E-state index in [1.54, 1.807) is 36.2 Å². The molecule has 1 amide bonds. The van der Waals surface area contributed by atoms with Crippen molar-refractivity contribution < 1.29 is 14.6 Å². The first kappa shape index (κ1) is 22.0. The van der Waals surface area contributed by atoms with Gasteiger partial charge in [-0.05, 0) is 68.5 Å². The van der Waals surface area contributed by atoms with E-state index in [0.717, 1.165) is 44.9 Å². The van der Waals surface area contributed by atoms with E-state index in [0.29, 0.717) is 16.7 Å². The van der Waals surface area contributed by atoms with Gasteiger partial charge >= 0.3 is 6.09 Å². The molecule has 1 fully saturated rings. The van der Waals surface area contributed by atoms with Gasteiger partial charge in [0.25, 0.3) is 0 Å². The van der Waals surface area contributed by atoms with Crippen LogP contribution in [0.5, 0.6) is 5.75 Å². The van der Waals surface area contributed by atoms with Crippen molar-refractivity contribution in [1.82, 2.24) is 9.80 Å². The fourth-order valence-electron chi connectivity index (χ4n) is 3.78. The standard InChI is InChI=1S/C21H33ClN2O3/c1-3-24(14-15-25)13-12-17-4-6-18(7-5-17)16-23(2)21(26)27-20-10-8-19(22)9-11-20/h8-11,17-18,25H,3-7,12-16H2,1-2H3. The molecule has 0 unspecified atom stereocenters. The molecule has 1 saturated carbocycles. The second kappa shape index (κ2) is 11.5. The average molecular weight is 397 g/mol. The van der Waals surface area contributed by atoms with Crippen LogP contribution in [0, 0.1) is 11.8 Å². The molecule has 1 N–H and O–H groups in total. The molecule has 0 spiro atoms. The normalized spacial score (nSPS) is 19.9. The summed E-state index contributed by atoms with van der Waals surface area (Å²) in [5.74, 6) is 1.83. The molecule has 1 aromatic rings. The van der Waals surface area contributed by atoms with Crippen LogP contribution in [0.1, 0.15) is 39.0 Å². The summed E-state index contributed by atoms with van der Waals surface area (Å²) in [4.78, 5) is 16.2. The van der Waals surface area contributed by atoms with E-state index in [-0.39, 0.29) is 12.7 Å². The Morgan fingerprint density at radius 1 is 1.15 bits per heavy atom. The van der Waals surface area contributed by atoms with Crippen molar-refractivity contribution in [2.45, 2.75) is 39.0 Å². The Hall–Kier alpha value is -1.30. The third kappa shape index (κ3) is 7.68. The maximum atomic E-state index is 12.3. The van der Waals surface area contributed by atoms with E-state index in [4.69, 9.17) is 21.4 Å². The molecule has 0 heterocycles. The van der Waals surface area contributed by atoms with Crippen molar-refractivity contribution in [3.63, 3.8) is 0 Å². The number of hydrogen-bond donors (Lipinski definition) is 1. The number of aliphatic hydroxyl groups excluding tert-OH is 1. The fourth-order valence-corrected chi connectivity index (χ4v) is 3.91. The van der Waals surface area contributed by atoms with Gasteiger partial charge in [-0.1, -0.05) is 31.4 Å². The average Bonchev–Trinajstić information content (AvgIpc) is 2.68. The quantitative estimate of drug-likeness (QED) is 0.676. The maximum absolute atomic E-state index is 12.3. The number of halogens is 1. The van der Waals surface area contributed by atoms with Crippen molar-refractivity contribution in [3.8, 4) is 5.75 Å². The van der Waals surface area contributed by atoms with Gasteiger partial charge in [0.2, 0.25) is 0 Å². The number of rotatable bonds is 9. The molecule has 1 aliphatic carbocycles. The number of carbonyl (C=O) groups is 1. The van der Waals surface area contributed by atoms with E-state index in [1.165, 1.54) is 19.3 Å². The van der Waals surface area contributed by atoms with Gasteiger partial charge in [0.1, 0.15) is 5.75 Å². The first-order valence-corrected chi connectivity index (χ1v) is 10.4. The van der Waals surface area contributed by atoms with Crippen LogP contribution < -0.4 is 4.74 Å². The predicted molar refractivity (Wildman–Crippen MR) is 109 cm³/mol. The van der Waals surface area contributed by atoms with Crippen molar-refractivity contribution >= 4 is 17.7 Å². The van der Waals surface area contributed by atoms with Crippen molar-refractivity contribution in [2.75, 3.05) is 39.8 Å². The Bertz CT molecular complexity index is 559. The fraction of sp³-hybridized carbons (Fsp3) is 0.667. The molecular weight excluding hydrogens is 364 g/mol. The summed E-state index contributed by atoms with van der Waals surface area (Å²) in [6, 6.07) is 6.84. The smallest absolute Gasteiger partial charge is 0.410 e. The van der Waals surface area contributed by atoms with Crippen LogP contribution in [0.2, 0.25) is 5.02 Å². The van der Waals surface area contributed by atoms with E-state index in [1.807, 2.05) is 0 Å². The van der Waals surface area contributed by atoms with Gasteiger partial charge in [-0.15, -0.1) is 0 Å². The monoisotopic (exact) mass is 396 g/mol. The zero-order valence-electron chi connectivity index (χ0n) is 16.6. The predicted octanol–water partition coefficient (Wildman–Crippen LogP) is 4.28. The number of aliphatic hydroxyl groups is 1. The minimum absolute atomic E-state index is 0.235. The SMILES string of the molecule is CCN(CCO)CCC1CCC(CN(C)C(=O)Oc2ccc(Cl)cc2)CC1. The Labute approximate surface area is 168 Å². The zero-order valence-corrected chi connectivity index (χ0v) is 17.3. The zero-order chi connectivity index (χ0) is 19.6. The van der Waals surface area contributed by atoms with Crippen LogP contribution in [0.15, 0.2) is 24.3 Å². The molecule has 1 aromatic carbocycles. The van der Waals surface area contributed by atoms with Crippen LogP contribution in [0.4, 0.5) is 4.79 Å². The summed E-state index contributed by atoms with van der Waals surface area (Å²) in [7, 11) is 1.80. The number of ether oxygens (including phenoxy) is 1. The number of carbonyl (C=O) groups excluding carboxylic acids is 1. The van der Waals surface area contributed by atoms with Crippen LogP contribution in [0.25, 0.3) is 0 Å². The summed E-state index contributed by atoms with van der Waals surface area (Å²) in [6.07, 6.45) is 5.66. The first-order valence-electron chi connectivity index (χ1n) is 10.0. The minimum atomic E-state index is -0.318. The highest BCUT2D eigenvalue weighted by atomic mass is 35.5. The maximum Gasteiger partial charge on any atom is 0.414 e. The number of nitrogens with zero attached hydrogens (tertiary/aromatic N) is 2. The summed E-state index contributed by atoms with van der Waals surface area (Å²) in [5, 5.41) is 9.71. The highest BCUT2D eigenvalue weighted by molar-refractivity contribution is 6.30. The van der Waals surface area contributed by atoms with Crippen LogP contribution in [-0.2, 0) is 0 Å². The Balaban J connectivity index is 1.68. The largest absolute Gasteiger partial charge is 0.414 e. The van der Waals surface area contributed by atoms with Gasteiger partial charge in [-0.2, -0.15) is 0 Å².